The average Bonchev–Trinajstić information content (AvgIpc) is 1.62. The quantitative estimate of drug-likeness (QED) is 0.562. The van der Waals surface area contributed by atoms with Gasteiger partial charge in [0.2, 0.25) is 0 Å². The Kier molecular flexibility index (Phi) is 2.27. The Bertz CT molecular complexity index is 68.2. The van der Waals surface area contributed by atoms with Crippen LogP contribution in [-0.2, 0) is 0 Å². The van der Waals surface area contributed by atoms with Crippen LogP contribution in [0.1, 0.15) is 6.92 Å². The van der Waals surface area contributed by atoms with Gasteiger partial charge in [0, 0.05) is 0 Å². The van der Waals surface area contributed by atoms with Gasteiger partial charge in [0.25, 0.3) is 0 Å². The molecule has 0 saturated heterocycles. The number of alkyl halides is 3. The zero-order valence-electron chi connectivity index (χ0n) is 4.37. The molecule has 0 aliphatic heterocycles. The fraction of sp³-hybridized carbons (Fsp3) is 1.00. The highest BCUT2D eigenvalue weighted by Crippen LogP contribution is 2.24. The first-order valence-corrected chi connectivity index (χ1v) is 2.16. The predicted octanol–water partition coefficient (Wildman–Crippen LogP) is 1.18. The van der Waals surface area contributed by atoms with Gasteiger partial charge in [-0.05, 0) is 0 Å². The molecule has 0 unspecified atom stereocenters. The van der Waals surface area contributed by atoms with Crippen molar-refractivity contribution in [1.82, 2.24) is 0 Å². The molecule has 0 aromatic heterocycles. The van der Waals surface area contributed by atoms with Gasteiger partial charge in [-0.15, -0.1) is 0 Å². The van der Waals surface area contributed by atoms with E-state index in [2.05, 4.69) is 0 Å². The van der Waals surface area contributed by atoms with Crippen LogP contribution in [-0.4, -0.2) is 17.9 Å². The second kappa shape index (κ2) is 2.35. The smallest absolute Gasteiger partial charge is 0.393 e. The maximum absolute atomic E-state index is 11.3. The Labute approximate surface area is 45.1 Å². The summed E-state index contributed by atoms with van der Waals surface area (Å²) in [6, 6.07) is 0. The minimum atomic E-state index is -4.24. The molecule has 4 heteroatoms. The summed E-state index contributed by atoms with van der Waals surface area (Å²) in [5, 5.41) is 7.95. The summed E-state index contributed by atoms with van der Waals surface area (Å²) in [4.78, 5) is 0. The Morgan fingerprint density at radius 1 is 1.50 bits per heavy atom. The summed E-state index contributed by atoms with van der Waals surface area (Å²) in [6.45, 7) is 0.101. The lowest BCUT2D eigenvalue weighted by molar-refractivity contribution is -0.178. The zero-order chi connectivity index (χ0) is 6.78. The summed E-state index contributed by atoms with van der Waals surface area (Å²) in [7, 11) is 0. The van der Waals surface area contributed by atoms with Crippen LogP contribution in [0.3, 0.4) is 0 Å². The monoisotopic (exact) mass is 128 g/mol. The summed E-state index contributed by atoms with van der Waals surface area (Å²) >= 11 is 0. The van der Waals surface area contributed by atoms with Gasteiger partial charge in [-0.2, -0.15) is 13.2 Å². The molecule has 0 aliphatic carbocycles. The van der Waals surface area contributed by atoms with Crippen LogP contribution in [0, 0.1) is 5.92 Å². The Balaban J connectivity index is 3.62. The highest BCUT2D eigenvalue weighted by molar-refractivity contribution is 4.58. The van der Waals surface area contributed by atoms with Crippen molar-refractivity contribution in [3.63, 3.8) is 0 Å². The van der Waals surface area contributed by atoms with E-state index in [1.54, 1.807) is 0 Å². The van der Waals surface area contributed by atoms with E-state index in [-0.39, 0.29) is 0 Å². The van der Waals surface area contributed by atoms with Crippen LogP contribution in [0.5, 0.6) is 0 Å². The average molecular weight is 128 g/mol. The van der Waals surface area contributed by atoms with Crippen LogP contribution in [0.2, 0.25) is 0 Å². The van der Waals surface area contributed by atoms with Gasteiger partial charge in [-0.25, -0.2) is 0 Å². The maximum Gasteiger partial charge on any atom is 0.393 e. The van der Waals surface area contributed by atoms with Crippen LogP contribution in [0.15, 0.2) is 0 Å². The minimum absolute atomic E-state index is 0.830. The number of hydrogen-bond donors (Lipinski definition) is 1. The van der Waals surface area contributed by atoms with Crippen molar-refractivity contribution < 1.29 is 18.3 Å². The maximum atomic E-state index is 11.3. The molecular formula is C4H7F3O. The van der Waals surface area contributed by atoms with Crippen LogP contribution >= 0.6 is 0 Å². The van der Waals surface area contributed by atoms with Gasteiger partial charge in [0.1, 0.15) is 0 Å². The van der Waals surface area contributed by atoms with Crippen LogP contribution in [0.25, 0.3) is 0 Å². The summed E-state index contributed by atoms with van der Waals surface area (Å²) in [5.74, 6) is -1.59. The third kappa shape index (κ3) is 2.16. The van der Waals surface area contributed by atoms with E-state index in [4.69, 9.17) is 5.11 Å². The molecule has 0 saturated carbocycles. The van der Waals surface area contributed by atoms with Crippen molar-refractivity contribution in [2.75, 3.05) is 6.61 Å². The lowest BCUT2D eigenvalue weighted by Gasteiger charge is -2.10. The predicted molar refractivity (Wildman–Crippen MR) is 22.3 cm³/mol. The van der Waals surface area contributed by atoms with Crippen LogP contribution < -0.4 is 0 Å². The highest BCUT2D eigenvalue weighted by atomic mass is 19.4. The molecule has 0 aromatic rings. The number of rotatable bonds is 1. The molecule has 0 bridgehead atoms. The summed E-state index contributed by atoms with van der Waals surface area (Å²) < 4.78 is 33.9. The van der Waals surface area contributed by atoms with E-state index in [1.165, 1.54) is 0 Å². The molecular weight excluding hydrogens is 121 g/mol. The molecule has 0 amide bonds. The van der Waals surface area contributed by atoms with Gasteiger partial charge >= 0.3 is 6.18 Å². The molecule has 0 radical (unpaired) electrons. The van der Waals surface area contributed by atoms with Crippen molar-refractivity contribution in [3.8, 4) is 0 Å². The Hall–Kier alpha value is -0.250. The number of hydrogen-bond acceptors (Lipinski definition) is 1. The van der Waals surface area contributed by atoms with E-state index in [1.807, 2.05) is 0 Å². The molecule has 0 aliphatic rings. The van der Waals surface area contributed by atoms with E-state index < -0.39 is 18.7 Å². The molecule has 0 fully saturated rings. The minimum Gasteiger partial charge on any atom is -0.396 e. The molecule has 0 spiro atoms. The largest absolute Gasteiger partial charge is 0.396 e. The standard InChI is InChI=1S/C4H7F3O/c1-3(2-8)4(5,6)7/h3,8H,2H2,1H3/t3-/m0/s1. The third-order valence-electron chi connectivity index (χ3n) is 0.833. The Morgan fingerprint density at radius 3 is 1.88 bits per heavy atom. The fourth-order valence-electron chi connectivity index (χ4n) is 0.104. The molecule has 0 aromatic carbocycles. The topological polar surface area (TPSA) is 20.2 Å². The van der Waals surface area contributed by atoms with E-state index in [0.717, 1.165) is 6.92 Å². The number of aliphatic hydroxyl groups is 1. The van der Waals surface area contributed by atoms with Gasteiger partial charge < -0.3 is 5.11 Å². The third-order valence-corrected chi connectivity index (χ3v) is 0.833. The van der Waals surface area contributed by atoms with Gasteiger partial charge in [-0.3, -0.25) is 0 Å². The molecule has 0 rings (SSSR count). The molecule has 1 nitrogen and oxygen atoms in total. The SMILES string of the molecule is C[C@@H](CO)C(F)(F)F. The lowest BCUT2D eigenvalue weighted by atomic mass is 10.2. The first-order chi connectivity index (χ1) is 3.48. The fourth-order valence-corrected chi connectivity index (χ4v) is 0.104. The van der Waals surface area contributed by atoms with Crippen molar-refractivity contribution in [2.45, 2.75) is 13.1 Å². The molecule has 1 N–H and O–H groups in total. The lowest BCUT2D eigenvalue weighted by Crippen LogP contribution is -2.22. The zero-order valence-corrected chi connectivity index (χ0v) is 4.37. The first-order valence-electron chi connectivity index (χ1n) is 2.16. The van der Waals surface area contributed by atoms with Crippen molar-refractivity contribution in [1.29, 1.82) is 0 Å². The van der Waals surface area contributed by atoms with Crippen LogP contribution in [0.4, 0.5) is 13.2 Å². The van der Waals surface area contributed by atoms with Gasteiger partial charge in [0.15, 0.2) is 0 Å². The normalized spacial score (nSPS) is 16.1. The molecule has 8 heavy (non-hydrogen) atoms. The van der Waals surface area contributed by atoms with Crippen molar-refractivity contribution in [2.24, 2.45) is 5.92 Å². The van der Waals surface area contributed by atoms with E-state index >= 15 is 0 Å². The van der Waals surface area contributed by atoms with Gasteiger partial charge in [0.05, 0.1) is 12.5 Å². The van der Waals surface area contributed by atoms with E-state index in [0.29, 0.717) is 0 Å². The Morgan fingerprint density at radius 2 is 1.88 bits per heavy atom. The summed E-state index contributed by atoms with van der Waals surface area (Å²) in [6.07, 6.45) is -4.24. The number of aliphatic hydroxyl groups excluding tert-OH is 1. The van der Waals surface area contributed by atoms with Gasteiger partial charge in [-0.1, -0.05) is 6.92 Å². The second-order valence-corrected chi connectivity index (χ2v) is 1.63. The highest BCUT2D eigenvalue weighted by Gasteiger charge is 2.34. The van der Waals surface area contributed by atoms with Crippen molar-refractivity contribution >= 4 is 0 Å². The second-order valence-electron chi connectivity index (χ2n) is 1.63. The number of halogens is 3. The van der Waals surface area contributed by atoms with E-state index in [9.17, 15) is 13.2 Å². The summed E-state index contributed by atoms with van der Waals surface area (Å²) in [5.41, 5.74) is 0. The molecule has 0 heterocycles. The molecule has 1 atom stereocenters. The van der Waals surface area contributed by atoms with Crippen molar-refractivity contribution in [3.05, 3.63) is 0 Å². The molecule has 50 valence electrons. The first kappa shape index (κ1) is 7.75.